The molecule has 1 heterocycles. The number of aromatic amines is 1. The fraction of sp³-hybridized carbons (Fsp3) is 0.0769. The van der Waals surface area contributed by atoms with Crippen molar-refractivity contribution in [3.63, 3.8) is 0 Å². The fourth-order valence-electron chi connectivity index (χ4n) is 1.60. The highest BCUT2D eigenvalue weighted by Crippen LogP contribution is 2.21. The highest BCUT2D eigenvalue weighted by atomic mass is 79.9. The van der Waals surface area contributed by atoms with E-state index in [2.05, 4.69) is 26.2 Å². The second-order valence-electron chi connectivity index (χ2n) is 4.01. The third-order valence-electron chi connectivity index (χ3n) is 2.58. The van der Waals surface area contributed by atoms with E-state index in [1.54, 1.807) is 12.1 Å². The number of nitrogens with one attached hydrogen (secondary N) is 2. The Hall–Kier alpha value is -2.08. The van der Waals surface area contributed by atoms with Crippen molar-refractivity contribution in [2.45, 2.75) is 6.92 Å². The van der Waals surface area contributed by atoms with Crippen LogP contribution in [0.3, 0.4) is 0 Å². The van der Waals surface area contributed by atoms with E-state index >= 15 is 0 Å². The summed E-state index contributed by atoms with van der Waals surface area (Å²) in [5.41, 5.74) is 1.07. The van der Waals surface area contributed by atoms with Crippen LogP contribution in [0.5, 0.6) is 5.75 Å². The number of aromatic nitrogens is 1. The van der Waals surface area contributed by atoms with Gasteiger partial charge < -0.3 is 15.4 Å². The Morgan fingerprint density at radius 3 is 2.74 bits per heavy atom. The van der Waals surface area contributed by atoms with Gasteiger partial charge in [-0.2, -0.15) is 0 Å². The smallest absolute Gasteiger partial charge is 0.260 e. The van der Waals surface area contributed by atoms with Gasteiger partial charge in [0.2, 0.25) is 0 Å². The summed E-state index contributed by atoms with van der Waals surface area (Å²) in [7, 11) is 0. The van der Waals surface area contributed by atoms with E-state index in [4.69, 9.17) is 0 Å². The van der Waals surface area contributed by atoms with Crippen LogP contribution in [0.25, 0.3) is 0 Å². The summed E-state index contributed by atoms with van der Waals surface area (Å²) in [6, 6.07) is 6.38. The molecule has 0 aliphatic heterocycles. The number of pyridine rings is 1. The first-order valence-corrected chi connectivity index (χ1v) is 6.26. The number of carbonyl (C=O) groups is 1. The number of H-pyrrole nitrogens is 1. The Labute approximate surface area is 117 Å². The minimum Gasteiger partial charge on any atom is -0.507 e. The number of aromatic hydroxyl groups is 1. The zero-order valence-corrected chi connectivity index (χ0v) is 11.6. The van der Waals surface area contributed by atoms with Gasteiger partial charge in [-0.3, -0.25) is 9.59 Å². The fourth-order valence-corrected chi connectivity index (χ4v) is 2.08. The first-order valence-electron chi connectivity index (χ1n) is 5.46. The zero-order chi connectivity index (χ0) is 14.0. The average molecular weight is 323 g/mol. The molecular weight excluding hydrogens is 312 g/mol. The van der Waals surface area contributed by atoms with Gasteiger partial charge in [-0.15, -0.1) is 0 Å². The Morgan fingerprint density at radius 2 is 2.11 bits per heavy atom. The normalized spacial score (nSPS) is 10.2. The first-order chi connectivity index (χ1) is 8.97. The number of hydrogen-bond acceptors (Lipinski definition) is 3. The molecule has 3 N–H and O–H groups in total. The monoisotopic (exact) mass is 322 g/mol. The van der Waals surface area contributed by atoms with Crippen molar-refractivity contribution >= 4 is 27.5 Å². The van der Waals surface area contributed by atoms with Gasteiger partial charge in [-0.25, -0.2) is 0 Å². The van der Waals surface area contributed by atoms with E-state index in [9.17, 15) is 14.7 Å². The van der Waals surface area contributed by atoms with Gasteiger partial charge >= 0.3 is 0 Å². The first kappa shape index (κ1) is 13.4. The quantitative estimate of drug-likeness (QED) is 0.794. The minimum atomic E-state index is -0.487. The molecule has 6 heteroatoms. The predicted molar refractivity (Wildman–Crippen MR) is 75.6 cm³/mol. The number of carbonyl (C=O) groups excluding carboxylic acids is 1. The van der Waals surface area contributed by atoms with Crippen LogP contribution in [0, 0.1) is 6.92 Å². The summed E-state index contributed by atoms with van der Waals surface area (Å²) in [6.45, 7) is 1.85. The van der Waals surface area contributed by atoms with Crippen LogP contribution in [0.2, 0.25) is 0 Å². The molecule has 5 nitrogen and oxygen atoms in total. The van der Waals surface area contributed by atoms with Crippen LogP contribution < -0.4 is 10.9 Å². The van der Waals surface area contributed by atoms with Crippen molar-refractivity contribution in [1.29, 1.82) is 0 Å². The molecule has 1 amide bonds. The van der Waals surface area contributed by atoms with Crippen LogP contribution >= 0.6 is 15.9 Å². The molecule has 1 aromatic carbocycles. The molecular formula is C13H11BrN2O3. The van der Waals surface area contributed by atoms with Crippen molar-refractivity contribution < 1.29 is 9.90 Å². The second-order valence-corrected chi connectivity index (χ2v) is 4.93. The largest absolute Gasteiger partial charge is 0.507 e. The van der Waals surface area contributed by atoms with Gasteiger partial charge in [0.05, 0.1) is 5.56 Å². The number of rotatable bonds is 2. The Kier molecular flexibility index (Phi) is 3.71. The molecule has 0 unspecified atom stereocenters. The summed E-state index contributed by atoms with van der Waals surface area (Å²) in [4.78, 5) is 25.3. The van der Waals surface area contributed by atoms with Gasteiger partial charge in [0.15, 0.2) is 0 Å². The number of amides is 1. The van der Waals surface area contributed by atoms with Crippen LogP contribution in [0.4, 0.5) is 5.69 Å². The van der Waals surface area contributed by atoms with Crippen molar-refractivity contribution in [2.75, 3.05) is 5.32 Å². The highest BCUT2D eigenvalue weighted by molar-refractivity contribution is 9.10. The standard InChI is InChI=1S/C13H11BrN2O3/c1-7-4-8(14)2-3-10(7)16-13(19)9-6-15-12(18)5-11(9)17/h2-6H,1H3,(H,16,19)(H2,15,17,18). The molecule has 0 fully saturated rings. The minimum absolute atomic E-state index is 0.0157. The van der Waals surface area contributed by atoms with Gasteiger partial charge in [-0.05, 0) is 30.7 Å². The van der Waals surface area contributed by atoms with Crippen LogP contribution in [-0.2, 0) is 0 Å². The summed E-state index contributed by atoms with van der Waals surface area (Å²) < 4.78 is 0.912. The van der Waals surface area contributed by atoms with E-state index in [-0.39, 0.29) is 11.3 Å². The van der Waals surface area contributed by atoms with Gasteiger partial charge in [0.25, 0.3) is 11.5 Å². The van der Waals surface area contributed by atoms with E-state index in [1.807, 2.05) is 13.0 Å². The van der Waals surface area contributed by atoms with Crippen LogP contribution in [0.1, 0.15) is 15.9 Å². The lowest BCUT2D eigenvalue weighted by Gasteiger charge is -2.09. The number of halogens is 1. The van der Waals surface area contributed by atoms with Gasteiger partial charge in [0.1, 0.15) is 5.75 Å². The summed E-state index contributed by atoms with van der Waals surface area (Å²) >= 11 is 3.33. The van der Waals surface area contributed by atoms with Crippen molar-refractivity contribution in [3.8, 4) is 5.75 Å². The molecule has 0 saturated heterocycles. The SMILES string of the molecule is Cc1cc(Br)ccc1NC(=O)c1c[nH]c(=O)cc1O. The lowest BCUT2D eigenvalue weighted by Crippen LogP contribution is -2.15. The van der Waals surface area contributed by atoms with Crippen LogP contribution in [-0.4, -0.2) is 16.0 Å². The van der Waals surface area contributed by atoms with E-state index in [1.165, 1.54) is 6.20 Å². The van der Waals surface area contributed by atoms with E-state index in [0.29, 0.717) is 5.69 Å². The average Bonchev–Trinajstić information content (AvgIpc) is 2.32. The molecule has 1 aromatic heterocycles. The van der Waals surface area contributed by atoms with Gasteiger partial charge in [-0.1, -0.05) is 15.9 Å². The molecule has 98 valence electrons. The van der Waals surface area contributed by atoms with Gasteiger partial charge in [0, 0.05) is 22.4 Å². The lowest BCUT2D eigenvalue weighted by molar-refractivity contribution is 0.102. The summed E-state index contributed by atoms with van der Waals surface area (Å²) in [6.07, 6.45) is 1.18. The van der Waals surface area contributed by atoms with Crippen molar-refractivity contribution in [1.82, 2.24) is 4.98 Å². The molecule has 2 aromatic rings. The number of benzene rings is 1. The Bertz CT molecular complexity index is 695. The Balaban J connectivity index is 2.28. The number of anilines is 1. The Morgan fingerprint density at radius 1 is 1.37 bits per heavy atom. The molecule has 0 aliphatic rings. The third kappa shape index (κ3) is 3.03. The zero-order valence-electron chi connectivity index (χ0n) is 10.0. The van der Waals surface area contributed by atoms with E-state index < -0.39 is 11.5 Å². The molecule has 0 bridgehead atoms. The number of hydrogen-bond donors (Lipinski definition) is 3. The maximum absolute atomic E-state index is 12.0. The third-order valence-corrected chi connectivity index (χ3v) is 3.08. The lowest BCUT2D eigenvalue weighted by atomic mass is 10.2. The van der Waals surface area contributed by atoms with E-state index in [0.717, 1.165) is 16.1 Å². The maximum Gasteiger partial charge on any atom is 0.260 e. The predicted octanol–water partition coefficient (Wildman–Crippen LogP) is 2.40. The topological polar surface area (TPSA) is 82.2 Å². The van der Waals surface area contributed by atoms with Crippen LogP contribution in [0.15, 0.2) is 39.7 Å². The maximum atomic E-state index is 12.0. The highest BCUT2D eigenvalue weighted by Gasteiger charge is 2.12. The van der Waals surface area contributed by atoms with Crippen molar-refractivity contribution in [2.24, 2.45) is 0 Å². The molecule has 0 aliphatic carbocycles. The molecule has 0 radical (unpaired) electrons. The molecule has 0 spiro atoms. The van der Waals surface area contributed by atoms with Crippen molar-refractivity contribution in [3.05, 3.63) is 56.4 Å². The molecule has 2 rings (SSSR count). The molecule has 0 saturated carbocycles. The summed E-state index contributed by atoms with van der Waals surface area (Å²) in [5, 5.41) is 12.2. The second kappa shape index (κ2) is 5.27. The molecule has 0 atom stereocenters. The molecule has 19 heavy (non-hydrogen) atoms. The number of aryl methyl sites for hydroxylation is 1. The summed E-state index contributed by atoms with van der Waals surface area (Å²) in [5.74, 6) is -0.838.